The van der Waals surface area contributed by atoms with E-state index in [1.807, 2.05) is 23.5 Å². The summed E-state index contributed by atoms with van der Waals surface area (Å²) >= 11 is 3.79. The highest BCUT2D eigenvalue weighted by Crippen LogP contribution is 2.18. The second-order valence-electron chi connectivity index (χ2n) is 3.94. The highest BCUT2D eigenvalue weighted by Gasteiger charge is 2.12. The zero-order valence-corrected chi connectivity index (χ0v) is 11.9. The van der Waals surface area contributed by atoms with E-state index in [-0.39, 0.29) is 0 Å². The lowest BCUT2D eigenvalue weighted by molar-refractivity contribution is 0.517. The molecule has 1 nitrogen and oxygen atoms in total. The second kappa shape index (κ2) is 8.04. The molecule has 3 heteroatoms. The van der Waals surface area contributed by atoms with Gasteiger partial charge in [-0.05, 0) is 25.0 Å². The van der Waals surface area contributed by atoms with Crippen molar-refractivity contribution < 1.29 is 0 Å². The van der Waals surface area contributed by atoms with Gasteiger partial charge >= 0.3 is 0 Å². The van der Waals surface area contributed by atoms with Crippen molar-refractivity contribution in [2.45, 2.75) is 19.0 Å². The van der Waals surface area contributed by atoms with E-state index in [2.05, 4.69) is 55.1 Å². The van der Waals surface area contributed by atoms with Crippen molar-refractivity contribution >= 4 is 23.5 Å². The summed E-state index contributed by atoms with van der Waals surface area (Å²) in [5.74, 6) is 2.29. The molecule has 0 fully saturated rings. The van der Waals surface area contributed by atoms with Gasteiger partial charge in [0.2, 0.25) is 0 Å². The molecule has 0 aliphatic heterocycles. The summed E-state index contributed by atoms with van der Waals surface area (Å²) in [6.45, 7) is 2.26. The molecule has 0 aromatic heterocycles. The van der Waals surface area contributed by atoms with Crippen LogP contribution in [0.5, 0.6) is 0 Å². The molecule has 2 atom stereocenters. The van der Waals surface area contributed by atoms with Gasteiger partial charge in [0.1, 0.15) is 0 Å². The number of benzene rings is 1. The summed E-state index contributed by atoms with van der Waals surface area (Å²) in [5, 5.41) is 3.69. The lowest BCUT2D eigenvalue weighted by Crippen LogP contribution is -2.33. The maximum absolute atomic E-state index is 3.69. The highest BCUT2D eigenvalue weighted by atomic mass is 32.2. The van der Waals surface area contributed by atoms with E-state index in [1.165, 1.54) is 5.56 Å². The predicted octanol–water partition coefficient (Wildman–Crippen LogP) is 3.43. The Balaban J connectivity index is 2.60. The minimum absolute atomic E-state index is 0.471. The van der Waals surface area contributed by atoms with Crippen LogP contribution in [-0.4, -0.2) is 30.1 Å². The van der Waals surface area contributed by atoms with Crippen LogP contribution in [0.1, 0.15) is 18.5 Å². The van der Waals surface area contributed by atoms with Gasteiger partial charge in [0.05, 0.1) is 0 Å². The van der Waals surface area contributed by atoms with Crippen molar-refractivity contribution in [1.29, 1.82) is 0 Å². The lowest BCUT2D eigenvalue weighted by Gasteiger charge is -2.22. The zero-order chi connectivity index (χ0) is 11.8. The van der Waals surface area contributed by atoms with Crippen molar-refractivity contribution in [2.75, 3.05) is 24.0 Å². The van der Waals surface area contributed by atoms with Gasteiger partial charge in [0, 0.05) is 23.6 Å². The topological polar surface area (TPSA) is 12.0 Å². The number of hydrogen-bond acceptors (Lipinski definition) is 3. The van der Waals surface area contributed by atoms with E-state index in [1.54, 1.807) is 0 Å². The van der Waals surface area contributed by atoms with E-state index in [9.17, 15) is 0 Å². The largest absolute Gasteiger partial charge is 0.306 e. The first kappa shape index (κ1) is 13.9. The monoisotopic (exact) mass is 255 g/mol. The minimum atomic E-state index is 0.471. The highest BCUT2D eigenvalue weighted by molar-refractivity contribution is 7.98. The third-order valence-corrected chi connectivity index (χ3v) is 3.94. The van der Waals surface area contributed by atoms with Gasteiger partial charge in [-0.2, -0.15) is 23.5 Å². The summed E-state index contributed by atoms with van der Waals surface area (Å²) in [4.78, 5) is 0. The molecule has 0 heterocycles. The van der Waals surface area contributed by atoms with Gasteiger partial charge in [-0.15, -0.1) is 0 Å². The molecular formula is C13H21NS2. The van der Waals surface area contributed by atoms with Crippen molar-refractivity contribution in [3.8, 4) is 0 Å². The Bertz CT molecular complexity index is 277. The molecule has 1 N–H and O–H groups in total. The van der Waals surface area contributed by atoms with Crippen LogP contribution in [0.3, 0.4) is 0 Å². The zero-order valence-electron chi connectivity index (χ0n) is 10.3. The van der Waals surface area contributed by atoms with Crippen LogP contribution in [0.15, 0.2) is 30.3 Å². The van der Waals surface area contributed by atoms with Gasteiger partial charge < -0.3 is 5.32 Å². The van der Waals surface area contributed by atoms with Crippen molar-refractivity contribution in [3.05, 3.63) is 35.9 Å². The van der Waals surface area contributed by atoms with Crippen LogP contribution >= 0.6 is 23.5 Å². The number of nitrogens with one attached hydrogen (secondary N) is 1. The first-order chi connectivity index (χ1) is 7.77. The first-order valence-corrected chi connectivity index (χ1v) is 8.35. The molecule has 1 aromatic carbocycles. The number of thioether (sulfide) groups is 2. The third-order valence-electron chi connectivity index (χ3n) is 2.44. The molecule has 0 bridgehead atoms. The molecule has 90 valence electrons. The molecule has 16 heavy (non-hydrogen) atoms. The summed E-state index contributed by atoms with van der Waals surface area (Å²) in [6, 6.07) is 11.8. The molecule has 2 unspecified atom stereocenters. The molecule has 0 aliphatic rings. The Kier molecular flexibility index (Phi) is 7.01. The molecule has 0 saturated heterocycles. The average molecular weight is 255 g/mol. The number of hydrogen-bond donors (Lipinski definition) is 1. The van der Waals surface area contributed by atoms with Crippen LogP contribution in [0, 0.1) is 0 Å². The maximum atomic E-state index is 3.69. The molecule has 0 radical (unpaired) electrons. The van der Waals surface area contributed by atoms with E-state index < -0.39 is 0 Å². The van der Waals surface area contributed by atoms with Crippen LogP contribution in [-0.2, 0) is 0 Å². The number of rotatable bonds is 7. The van der Waals surface area contributed by atoms with Crippen molar-refractivity contribution in [3.63, 3.8) is 0 Å². The Morgan fingerprint density at radius 2 is 1.69 bits per heavy atom. The van der Waals surface area contributed by atoms with Gasteiger partial charge in [-0.1, -0.05) is 30.3 Å². The normalized spacial score (nSPS) is 14.7. The van der Waals surface area contributed by atoms with Gasteiger partial charge in [-0.25, -0.2) is 0 Å². The quantitative estimate of drug-likeness (QED) is 0.801. The fourth-order valence-electron chi connectivity index (χ4n) is 1.73. The molecule has 0 aliphatic carbocycles. The minimum Gasteiger partial charge on any atom is -0.306 e. The summed E-state index contributed by atoms with van der Waals surface area (Å²) in [6.07, 6.45) is 4.32. The Morgan fingerprint density at radius 3 is 2.25 bits per heavy atom. The smallest absolute Gasteiger partial charge is 0.0414 e. The summed E-state index contributed by atoms with van der Waals surface area (Å²) in [7, 11) is 0. The standard InChI is InChI=1S/C13H21NS2/c1-11(9-15-2)14-13(10-16-3)12-7-5-4-6-8-12/h4-8,11,13-14H,9-10H2,1-3H3. The fraction of sp³-hybridized carbons (Fsp3) is 0.538. The van der Waals surface area contributed by atoms with Gasteiger partial charge in [-0.3, -0.25) is 0 Å². The van der Waals surface area contributed by atoms with E-state index >= 15 is 0 Å². The van der Waals surface area contributed by atoms with Crippen LogP contribution in [0.4, 0.5) is 0 Å². The van der Waals surface area contributed by atoms with Crippen molar-refractivity contribution in [1.82, 2.24) is 5.32 Å². The van der Waals surface area contributed by atoms with Crippen LogP contribution in [0.2, 0.25) is 0 Å². The van der Waals surface area contributed by atoms with E-state index in [0.717, 1.165) is 11.5 Å². The van der Waals surface area contributed by atoms with Crippen molar-refractivity contribution in [2.24, 2.45) is 0 Å². The Morgan fingerprint density at radius 1 is 1.06 bits per heavy atom. The predicted molar refractivity (Wildman–Crippen MR) is 78.5 cm³/mol. The summed E-state index contributed by atoms with van der Waals surface area (Å²) < 4.78 is 0. The average Bonchev–Trinajstić information content (AvgIpc) is 2.30. The SMILES string of the molecule is CSCC(C)NC(CSC)c1ccccc1. The lowest BCUT2D eigenvalue weighted by atomic mass is 10.1. The van der Waals surface area contributed by atoms with Gasteiger partial charge in [0.25, 0.3) is 0 Å². The molecular weight excluding hydrogens is 234 g/mol. The molecule has 0 amide bonds. The first-order valence-electron chi connectivity index (χ1n) is 5.56. The Hall–Kier alpha value is -0.120. The molecule has 1 rings (SSSR count). The molecule has 1 aromatic rings. The second-order valence-corrected chi connectivity index (χ2v) is 5.76. The van der Waals surface area contributed by atoms with E-state index in [4.69, 9.17) is 0 Å². The Labute approximate surface area is 108 Å². The fourth-order valence-corrected chi connectivity index (χ4v) is 2.95. The maximum Gasteiger partial charge on any atom is 0.0414 e. The van der Waals surface area contributed by atoms with Crippen LogP contribution in [0.25, 0.3) is 0 Å². The van der Waals surface area contributed by atoms with E-state index in [0.29, 0.717) is 12.1 Å². The third kappa shape index (κ3) is 4.81. The van der Waals surface area contributed by atoms with Crippen LogP contribution < -0.4 is 5.32 Å². The molecule has 0 spiro atoms. The summed E-state index contributed by atoms with van der Waals surface area (Å²) in [5.41, 5.74) is 1.39. The van der Waals surface area contributed by atoms with Gasteiger partial charge in [0.15, 0.2) is 0 Å². The molecule has 0 saturated carbocycles.